The summed E-state index contributed by atoms with van der Waals surface area (Å²) < 4.78 is 5.02. The van der Waals surface area contributed by atoms with Gasteiger partial charge in [-0.25, -0.2) is 4.79 Å². The smallest absolute Gasteiger partial charge is 0.341 e. The molecule has 0 radical (unpaired) electrons. The summed E-state index contributed by atoms with van der Waals surface area (Å²) in [6.07, 6.45) is 3.62. The molecule has 3 N–H and O–H groups in total. The number of carbonyl (C=O) groups is 4. The first kappa shape index (κ1) is 17.9. The number of anilines is 1. The zero-order valence-corrected chi connectivity index (χ0v) is 14.3. The van der Waals surface area contributed by atoms with E-state index in [1.165, 1.54) is 25.2 Å². The van der Waals surface area contributed by atoms with E-state index in [2.05, 4.69) is 16.2 Å². The Kier molecular flexibility index (Phi) is 5.91. The van der Waals surface area contributed by atoms with E-state index < -0.39 is 24.4 Å². The average Bonchev–Trinajstić information content (AvgIpc) is 2.87. The monoisotopic (exact) mass is 353 g/mol. The molecule has 0 fully saturated rings. The predicted molar refractivity (Wildman–Crippen MR) is 87.5 cm³/mol. The third kappa shape index (κ3) is 4.54. The summed E-state index contributed by atoms with van der Waals surface area (Å²) in [4.78, 5) is 47.0. The Morgan fingerprint density at radius 3 is 2.42 bits per heavy atom. The summed E-state index contributed by atoms with van der Waals surface area (Å²) in [6.45, 7) is 2.08. The van der Waals surface area contributed by atoms with Gasteiger partial charge in [-0.3, -0.25) is 25.2 Å². The maximum atomic E-state index is 12.4. The first-order valence-corrected chi connectivity index (χ1v) is 8.34. The van der Waals surface area contributed by atoms with Crippen LogP contribution in [0.25, 0.3) is 0 Å². The number of fused-ring (bicyclic) bond motifs is 1. The van der Waals surface area contributed by atoms with E-state index in [0.717, 1.165) is 36.1 Å². The standard InChI is InChI=1S/C15H19N3O5S/c1-8(19)16-14-13(10-5-3-4-6-11(10)24-14)15(22)23-7-12(21)18-17-9(2)20/h3-7H2,1-2H3,(H,16,19)(H,17,20)(H,18,21). The Bertz CT molecular complexity index is 683. The summed E-state index contributed by atoms with van der Waals surface area (Å²) in [7, 11) is 0. The van der Waals surface area contributed by atoms with Gasteiger partial charge in [-0.05, 0) is 31.2 Å². The molecular formula is C15H19N3O5S. The number of amides is 3. The van der Waals surface area contributed by atoms with Crippen LogP contribution < -0.4 is 16.2 Å². The van der Waals surface area contributed by atoms with Gasteiger partial charge in [0.15, 0.2) is 6.61 Å². The fourth-order valence-electron chi connectivity index (χ4n) is 2.43. The lowest BCUT2D eigenvalue weighted by molar-refractivity contribution is -0.129. The summed E-state index contributed by atoms with van der Waals surface area (Å²) in [5.41, 5.74) is 5.44. The molecule has 1 aliphatic rings. The second-order valence-corrected chi connectivity index (χ2v) is 6.51. The lowest BCUT2D eigenvalue weighted by Gasteiger charge is -2.12. The van der Waals surface area contributed by atoms with Crippen molar-refractivity contribution in [3.63, 3.8) is 0 Å². The van der Waals surface area contributed by atoms with E-state index in [1.807, 2.05) is 0 Å². The van der Waals surface area contributed by atoms with Gasteiger partial charge < -0.3 is 10.1 Å². The molecule has 0 spiro atoms. The normalized spacial score (nSPS) is 12.8. The van der Waals surface area contributed by atoms with Crippen LogP contribution in [-0.4, -0.2) is 30.3 Å². The topological polar surface area (TPSA) is 114 Å². The van der Waals surface area contributed by atoms with Crippen LogP contribution in [0.15, 0.2) is 0 Å². The number of ether oxygens (including phenoxy) is 1. The highest BCUT2D eigenvalue weighted by molar-refractivity contribution is 7.17. The van der Waals surface area contributed by atoms with Crippen molar-refractivity contribution in [2.45, 2.75) is 39.5 Å². The van der Waals surface area contributed by atoms with E-state index >= 15 is 0 Å². The molecule has 1 heterocycles. The van der Waals surface area contributed by atoms with Crippen LogP contribution in [-0.2, 0) is 32.0 Å². The minimum Gasteiger partial charge on any atom is -0.452 e. The first-order valence-electron chi connectivity index (χ1n) is 7.53. The van der Waals surface area contributed by atoms with Crippen molar-refractivity contribution < 1.29 is 23.9 Å². The van der Waals surface area contributed by atoms with Crippen molar-refractivity contribution in [2.24, 2.45) is 0 Å². The van der Waals surface area contributed by atoms with Crippen LogP contribution in [0.3, 0.4) is 0 Å². The van der Waals surface area contributed by atoms with Crippen LogP contribution in [0.2, 0.25) is 0 Å². The van der Waals surface area contributed by atoms with Crippen molar-refractivity contribution >= 4 is 40.0 Å². The van der Waals surface area contributed by atoms with Gasteiger partial charge in [0, 0.05) is 18.7 Å². The number of hydrazine groups is 1. The minimum atomic E-state index is -0.656. The Hall–Kier alpha value is -2.42. The van der Waals surface area contributed by atoms with Gasteiger partial charge in [-0.2, -0.15) is 0 Å². The van der Waals surface area contributed by atoms with Gasteiger partial charge in [0.1, 0.15) is 5.00 Å². The summed E-state index contributed by atoms with van der Waals surface area (Å²) in [6, 6.07) is 0. The highest BCUT2D eigenvalue weighted by atomic mass is 32.1. The largest absolute Gasteiger partial charge is 0.452 e. The van der Waals surface area contributed by atoms with Crippen LogP contribution in [0.4, 0.5) is 5.00 Å². The number of carbonyl (C=O) groups excluding carboxylic acids is 4. The van der Waals surface area contributed by atoms with Crippen molar-refractivity contribution in [1.82, 2.24) is 10.9 Å². The first-order chi connectivity index (χ1) is 11.4. The van der Waals surface area contributed by atoms with Gasteiger partial charge in [-0.1, -0.05) is 0 Å². The summed E-state index contributed by atoms with van der Waals surface area (Å²) in [5.74, 6) is -2.01. The highest BCUT2D eigenvalue weighted by Gasteiger charge is 2.27. The third-order valence-corrected chi connectivity index (χ3v) is 4.58. The molecule has 2 rings (SSSR count). The Morgan fingerprint density at radius 1 is 1.04 bits per heavy atom. The second kappa shape index (κ2) is 7.91. The van der Waals surface area contributed by atoms with Gasteiger partial charge >= 0.3 is 5.97 Å². The number of hydrogen-bond donors (Lipinski definition) is 3. The molecule has 0 aromatic carbocycles. The molecule has 1 aromatic heterocycles. The quantitative estimate of drug-likeness (QED) is 0.550. The highest BCUT2D eigenvalue weighted by Crippen LogP contribution is 2.38. The van der Waals surface area contributed by atoms with Crippen molar-refractivity contribution in [2.75, 3.05) is 11.9 Å². The van der Waals surface area contributed by atoms with Gasteiger partial charge in [-0.15, -0.1) is 11.3 Å². The minimum absolute atomic E-state index is 0.272. The average molecular weight is 353 g/mol. The molecule has 0 bridgehead atoms. The zero-order chi connectivity index (χ0) is 17.7. The Balaban J connectivity index is 2.10. The van der Waals surface area contributed by atoms with Crippen molar-refractivity contribution in [1.29, 1.82) is 0 Å². The van der Waals surface area contributed by atoms with Crippen molar-refractivity contribution in [3.05, 3.63) is 16.0 Å². The molecule has 0 saturated heterocycles. The Labute approximate surface area is 142 Å². The molecule has 0 saturated carbocycles. The molecule has 1 aromatic rings. The maximum absolute atomic E-state index is 12.4. The molecule has 9 heteroatoms. The molecule has 0 aliphatic heterocycles. The maximum Gasteiger partial charge on any atom is 0.341 e. The van der Waals surface area contributed by atoms with Gasteiger partial charge in [0.2, 0.25) is 11.8 Å². The second-order valence-electron chi connectivity index (χ2n) is 5.40. The summed E-state index contributed by atoms with van der Waals surface area (Å²) in [5, 5.41) is 3.12. The third-order valence-electron chi connectivity index (χ3n) is 3.38. The lowest BCUT2D eigenvalue weighted by Crippen LogP contribution is -2.42. The van der Waals surface area contributed by atoms with Crippen LogP contribution in [0.1, 0.15) is 47.5 Å². The van der Waals surface area contributed by atoms with Gasteiger partial charge in [0.25, 0.3) is 5.91 Å². The van der Waals surface area contributed by atoms with E-state index in [1.54, 1.807) is 0 Å². The molecule has 0 atom stereocenters. The van der Waals surface area contributed by atoms with Crippen LogP contribution in [0.5, 0.6) is 0 Å². The predicted octanol–water partition coefficient (Wildman–Crippen LogP) is 0.909. The van der Waals surface area contributed by atoms with Gasteiger partial charge in [0.05, 0.1) is 5.56 Å². The fraction of sp³-hybridized carbons (Fsp3) is 0.467. The van der Waals surface area contributed by atoms with Crippen molar-refractivity contribution in [3.8, 4) is 0 Å². The van der Waals surface area contributed by atoms with Crippen LogP contribution in [0, 0.1) is 0 Å². The SMILES string of the molecule is CC(=O)NNC(=O)COC(=O)c1c(NC(C)=O)sc2c1CCCC2. The Morgan fingerprint density at radius 2 is 1.75 bits per heavy atom. The number of nitrogens with one attached hydrogen (secondary N) is 3. The lowest BCUT2D eigenvalue weighted by atomic mass is 9.95. The van der Waals surface area contributed by atoms with E-state index in [9.17, 15) is 19.2 Å². The molecule has 1 aliphatic carbocycles. The number of aryl methyl sites for hydroxylation is 1. The van der Waals surface area contributed by atoms with E-state index in [4.69, 9.17) is 4.74 Å². The molecule has 130 valence electrons. The van der Waals surface area contributed by atoms with E-state index in [0.29, 0.717) is 10.6 Å². The number of hydrogen-bond acceptors (Lipinski definition) is 6. The molecular weight excluding hydrogens is 334 g/mol. The number of rotatable bonds is 4. The fourth-order valence-corrected chi connectivity index (χ4v) is 3.75. The van der Waals surface area contributed by atoms with E-state index in [-0.39, 0.29) is 5.91 Å². The molecule has 24 heavy (non-hydrogen) atoms. The molecule has 3 amide bonds. The van der Waals surface area contributed by atoms with Crippen LogP contribution >= 0.6 is 11.3 Å². The molecule has 0 unspecified atom stereocenters. The summed E-state index contributed by atoms with van der Waals surface area (Å²) >= 11 is 1.38. The number of esters is 1. The molecule has 8 nitrogen and oxygen atoms in total. The number of thiophene rings is 1. The zero-order valence-electron chi connectivity index (χ0n) is 13.5.